The van der Waals surface area contributed by atoms with Crippen LogP contribution in [0.1, 0.15) is 13.8 Å². The van der Waals surface area contributed by atoms with Gasteiger partial charge in [0.25, 0.3) is 5.91 Å². The average Bonchev–Trinajstić information content (AvgIpc) is 2.49. The van der Waals surface area contributed by atoms with Gasteiger partial charge in [-0.1, -0.05) is 17.7 Å². The largest absolute Gasteiger partial charge is 0.481 e. The van der Waals surface area contributed by atoms with E-state index < -0.39 is 6.10 Å². The van der Waals surface area contributed by atoms with E-state index in [0.29, 0.717) is 23.0 Å². The standard InChI is InChI=1S/C17H17ClFNO2/c1-3-20(15-9-7-14(19)8-10-15)17(21)12(2)22-16-6-4-5-13(18)11-16/h4-12H,3H2,1-2H3. The highest BCUT2D eigenvalue weighted by Crippen LogP contribution is 2.20. The van der Waals surface area contributed by atoms with Gasteiger partial charge < -0.3 is 9.64 Å². The van der Waals surface area contributed by atoms with Crippen LogP contribution in [0, 0.1) is 5.82 Å². The highest BCUT2D eigenvalue weighted by Gasteiger charge is 2.22. The van der Waals surface area contributed by atoms with Crippen LogP contribution in [-0.4, -0.2) is 18.6 Å². The SMILES string of the molecule is CCN(C(=O)C(C)Oc1cccc(Cl)c1)c1ccc(F)cc1. The zero-order valence-corrected chi connectivity index (χ0v) is 13.2. The fraction of sp³-hybridized carbons (Fsp3) is 0.235. The number of rotatable bonds is 5. The molecule has 2 aromatic rings. The maximum Gasteiger partial charge on any atom is 0.267 e. The molecule has 0 aliphatic rings. The van der Waals surface area contributed by atoms with E-state index in [-0.39, 0.29) is 11.7 Å². The summed E-state index contributed by atoms with van der Waals surface area (Å²) in [6, 6.07) is 12.7. The topological polar surface area (TPSA) is 29.5 Å². The third kappa shape index (κ3) is 3.98. The number of benzene rings is 2. The third-order valence-electron chi connectivity index (χ3n) is 3.18. The first-order chi connectivity index (χ1) is 10.5. The normalized spacial score (nSPS) is 11.8. The Hall–Kier alpha value is -2.07. The van der Waals surface area contributed by atoms with Gasteiger partial charge >= 0.3 is 0 Å². The van der Waals surface area contributed by atoms with E-state index in [2.05, 4.69) is 0 Å². The Morgan fingerprint density at radius 1 is 1.27 bits per heavy atom. The lowest BCUT2D eigenvalue weighted by molar-refractivity contribution is -0.124. The summed E-state index contributed by atoms with van der Waals surface area (Å²) in [5, 5.41) is 0.544. The fourth-order valence-corrected chi connectivity index (χ4v) is 2.28. The molecule has 0 saturated carbocycles. The highest BCUT2D eigenvalue weighted by molar-refractivity contribution is 6.30. The van der Waals surface area contributed by atoms with Crippen LogP contribution in [0.15, 0.2) is 48.5 Å². The van der Waals surface area contributed by atoms with Crippen molar-refractivity contribution in [2.24, 2.45) is 0 Å². The molecule has 0 aliphatic heterocycles. The Bertz CT molecular complexity index is 645. The molecular weight excluding hydrogens is 305 g/mol. The summed E-state index contributed by atoms with van der Waals surface area (Å²) in [5.41, 5.74) is 0.635. The Labute approximate surface area is 134 Å². The van der Waals surface area contributed by atoms with Crippen molar-refractivity contribution >= 4 is 23.2 Å². The Morgan fingerprint density at radius 2 is 1.95 bits per heavy atom. The van der Waals surface area contributed by atoms with Crippen molar-refractivity contribution in [1.29, 1.82) is 0 Å². The molecule has 1 atom stereocenters. The van der Waals surface area contributed by atoms with Gasteiger partial charge in [-0.2, -0.15) is 0 Å². The van der Waals surface area contributed by atoms with Crippen LogP contribution in [0.4, 0.5) is 10.1 Å². The van der Waals surface area contributed by atoms with Gasteiger partial charge in [0.05, 0.1) is 0 Å². The molecule has 0 heterocycles. The van der Waals surface area contributed by atoms with E-state index in [0.717, 1.165) is 0 Å². The van der Waals surface area contributed by atoms with E-state index in [1.54, 1.807) is 48.2 Å². The lowest BCUT2D eigenvalue weighted by Crippen LogP contribution is -2.40. The maximum absolute atomic E-state index is 13.0. The highest BCUT2D eigenvalue weighted by atomic mass is 35.5. The van der Waals surface area contributed by atoms with Crippen molar-refractivity contribution in [2.45, 2.75) is 20.0 Å². The van der Waals surface area contributed by atoms with E-state index >= 15 is 0 Å². The summed E-state index contributed by atoms with van der Waals surface area (Å²) >= 11 is 5.90. The molecule has 0 bridgehead atoms. The predicted molar refractivity (Wildman–Crippen MR) is 86.0 cm³/mol. The number of likely N-dealkylation sites (N-methyl/N-ethyl adjacent to an activating group) is 1. The van der Waals surface area contributed by atoms with Crippen molar-refractivity contribution in [2.75, 3.05) is 11.4 Å². The van der Waals surface area contributed by atoms with Crippen LogP contribution in [0.25, 0.3) is 0 Å². The van der Waals surface area contributed by atoms with Gasteiger partial charge in [0.1, 0.15) is 11.6 Å². The zero-order chi connectivity index (χ0) is 16.1. The second-order valence-corrected chi connectivity index (χ2v) is 5.21. The van der Waals surface area contributed by atoms with Crippen molar-refractivity contribution in [1.82, 2.24) is 0 Å². The fourth-order valence-electron chi connectivity index (χ4n) is 2.10. The minimum absolute atomic E-state index is 0.200. The smallest absolute Gasteiger partial charge is 0.267 e. The summed E-state index contributed by atoms with van der Waals surface area (Å²) in [6.45, 7) is 4.00. The van der Waals surface area contributed by atoms with Crippen molar-refractivity contribution in [3.8, 4) is 5.75 Å². The second kappa shape index (κ2) is 7.27. The van der Waals surface area contributed by atoms with Gasteiger partial charge in [-0.05, 0) is 56.3 Å². The number of hydrogen-bond acceptors (Lipinski definition) is 2. The number of hydrogen-bond donors (Lipinski definition) is 0. The molecule has 5 heteroatoms. The van der Waals surface area contributed by atoms with E-state index in [1.807, 2.05) is 6.92 Å². The van der Waals surface area contributed by atoms with Gasteiger partial charge in [0.15, 0.2) is 6.10 Å². The molecule has 0 spiro atoms. The summed E-state index contributed by atoms with van der Waals surface area (Å²) in [5.74, 6) is -0.00642. The summed E-state index contributed by atoms with van der Waals surface area (Å²) < 4.78 is 18.6. The van der Waals surface area contributed by atoms with Crippen LogP contribution in [-0.2, 0) is 4.79 Å². The predicted octanol–water partition coefficient (Wildman–Crippen LogP) is 4.30. The van der Waals surface area contributed by atoms with Crippen molar-refractivity contribution < 1.29 is 13.9 Å². The molecule has 0 radical (unpaired) electrons. The second-order valence-electron chi connectivity index (χ2n) is 4.78. The maximum atomic E-state index is 13.0. The van der Waals surface area contributed by atoms with Gasteiger partial charge in [0, 0.05) is 17.3 Å². The lowest BCUT2D eigenvalue weighted by atomic mass is 10.2. The van der Waals surface area contributed by atoms with Crippen LogP contribution in [0.3, 0.4) is 0 Å². The summed E-state index contributed by atoms with van der Waals surface area (Å²) in [6.07, 6.45) is -0.677. The number of carbonyl (C=O) groups excluding carboxylic acids is 1. The summed E-state index contributed by atoms with van der Waals surface area (Å²) in [4.78, 5) is 14.1. The third-order valence-corrected chi connectivity index (χ3v) is 3.41. The molecule has 1 amide bonds. The molecule has 0 aromatic heterocycles. The van der Waals surface area contributed by atoms with Crippen molar-refractivity contribution in [3.63, 3.8) is 0 Å². The van der Waals surface area contributed by atoms with Crippen molar-refractivity contribution in [3.05, 3.63) is 59.4 Å². The number of halogens is 2. The molecular formula is C17H17ClFNO2. The summed E-state index contributed by atoms with van der Waals surface area (Å²) in [7, 11) is 0. The molecule has 0 fully saturated rings. The Kier molecular flexibility index (Phi) is 5.39. The van der Waals surface area contributed by atoms with Gasteiger partial charge in [-0.25, -0.2) is 4.39 Å². The first kappa shape index (κ1) is 16.3. The first-order valence-electron chi connectivity index (χ1n) is 7.00. The van der Waals surface area contributed by atoms with E-state index in [4.69, 9.17) is 16.3 Å². The number of amides is 1. The first-order valence-corrected chi connectivity index (χ1v) is 7.38. The minimum atomic E-state index is -0.677. The van der Waals surface area contributed by atoms with Gasteiger partial charge in [-0.3, -0.25) is 4.79 Å². The number of carbonyl (C=O) groups is 1. The molecule has 0 aliphatic carbocycles. The quantitative estimate of drug-likeness (QED) is 0.821. The minimum Gasteiger partial charge on any atom is -0.481 e. The molecule has 2 rings (SSSR count). The van der Waals surface area contributed by atoms with Gasteiger partial charge in [-0.15, -0.1) is 0 Å². The molecule has 2 aromatic carbocycles. The van der Waals surface area contributed by atoms with Crippen LogP contribution >= 0.6 is 11.6 Å². The average molecular weight is 322 g/mol. The lowest BCUT2D eigenvalue weighted by Gasteiger charge is -2.25. The molecule has 22 heavy (non-hydrogen) atoms. The van der Waals surface area contributed by atoms with E-state index in [9.17, 15) is 9.18 Å². The molecule has 1 unspecified atom stereocenters. The molecule has 116 valence electrons. The number of ether oxygens (including phenoxy) is 1. The number of anilines is 1. The molecule has 0 N–H and O–H groups in total. The molecule has 3 nitrogen and oxygen atoms in total. The van der Waals surface area contributed by atoms with Crippen LogP contribution in [0.2, 0.25) is 5.02 Å². The van der Waals surface area contributed by atoms with E-state index in [1.165, 1.54) is 12.1 Å². The van der Waals surface area contributed by atoms with Crippen LogP contribution in [0.5, 0.6) is 5.75 Å². The monoisotopic (exact) mass is 321 g/mol. The van der Waals surface area contributed by atoms with Gasteiger partial charge in [0.2, 0.25) is 0 Å². The molecule has 0 saturated heterocycles. The number of nitrogens with zero attached hydrogens (tertiary/aromatic N) is 1. The Morgan fingerprint density at radius 3 is 2.55 bits per heavy atom. The van der Waals surface area contributed by atoms with Crippen LogP contribution < -0.4 is 9.64 Å². The Balaban J connectivity index is 2.12. The zero-order valence-electron chi connectivity index (χ0n) is 12.4.